The predicted molar refractivity (Wildman–Crippen MR) is 103 cm³/mol. The van der Waals surface area contributed by atoms with E-state index in [1.807, 2.05) is 0 Å². The average Bonchev–Trinajstić information content (AvgIpc) is 2.62. The molecule has 0 saturated carbocycles. The van der Waals surface area contributed by atoms with E-state index in [1.54, 1.807) is 48.5 Å². The summed E-state index contributed by atoms with van der Waals surface area (Å²) in [6.07, 6.45) is 1.50. The average molecular weight is 388 g/mol. The maximum atomic E-state index is 12.5. The van der Waals surface area contributed by atoms with Crippen LogP contribution in [0.5, 0.6) is 5.75 Å². The zero-order chi connectivity index (χ0) is 19.4. The monoisotopic (exact) mass is 388 g/mol. The van der Waals surface area contributed by atoms with Crippen molar-refractivity contribution in [3.05, 3.63) is 54.1 Å². The number of anilines is 2. The van der Waals surface area contributed by atoms with Crippen molar-refractivity contribution in [2.45, 2.75) is 19.8 Å². The first-order valence-electron chi connectivity index (χ1n) is 8.56. The van der Waals surface area contributed by atoms with Gasteiger partial charge in [-0.1, -0.05) is 12.1 Å². The van der Waals surface area contributed by atoms with Crippen LogP contribution < -0.4 is 14.4 Å². The summed E-state index contributed by atoms with van der Waals surface area (Å²) in [5.74, 6) is -0.607. The Hall–Kier alpha value is -2.87. The molecule has 0 bridgehead atoms. The second kappa shape index (κ2) is 7.79. The van der Waals surface area contributed by atoms with Gasteiger partial charge < -0.3 is 10.1 Å². The first-order valence-corrected chi connectivity index (χ1v) is 10.2. The van der Waals surface area contributed by atoms with Gasteiger partial charge in [0.15, 0.2) is 0 Å². The van der Waals surface area contributed by atoms with Crippen molar-refractivity contribution < 1.29 is 22.7 Å². The number of sulfonamides is 1. The van der Waals surface area contributed by atoms with E-state index in [1.165, 1.54) is 11.2 Å². The van der Waals surface area contributed by atoms with Crippen LogP contribution in [0.1, 0.15) is 30.1 Å². The third-order valence-electron chi connectivity index (χ3n) is 4.15. The van der Waals surface area contributed by atoms with E-state index in [9.17, 15) is 18.0 Å². The molecule has 0 atom stereocenters. The van der Waals surface area contributed by atoms with Gasteiger partial charge in [0.2, 0.25) is 10.0 Å². The first kappa shape index (κ1) is 18.9. The number of benzene rings is 2. The molecule has 1 aliphatic rings. The maximum Gasteiger partial charge on any atom is 0.308 e. The molecular weight excluding hydrogens is 368 g/mol. The van der Waals surface area contributed by atoms with Crippen LogP contribution in [0.25, 0.3) is 0 Å². The fourth-order valence-electron chi connectivity index (χ4n) is 2.89. The van der Waals surface area contributed by atoms with Crippen LogP contribution in [0, 0.1) is 0 Å². The van der Waals surface area contributed by atoms with Crippen molar-refractivity contribution in [1.82, 2.24) is 0 Å². The zero-order valence-corrected chi connectivity index (χ0v) is 15.7. The van der Waals surface area contributed by atoms with Gasteiger partial charge >= 0.3 is 5.97 Å². The Morgan fingerprint density at radius 1 is 1.04 bits per heavy atom. The molecule has 7 nitrogen and oxygen atoms in total. The number of carbonyl (C=O) groups excluding carboxylic acids is 2. The van der Waals surface area contributed by atoms with Crippen molar-refractivity contribution in [2.24, 2.45) is 0 Å². The SMILES string of the molecule is CC(=O)Oc1ccccc1C(=O)Nc1ccc(N2CCCCS2(=O)=O)cc1. The molecule has 1 N–H and O–H groups in total. The van der Waals surface area contributed by atoms with Crippen LogP contribution >= 0.6 is 0 Å². The summed E-state index contributed by atoms with van der Waals surface area (Å²) < 4.78 is 30.8. The Balaban J connectivity index is 1.75. The van der Waals surface area contributed by atoms with Gasteiger partial charge in [-0.25, -0.2) is 8.42 Å². The number of esters is 1. The van der Waals surface area contributed by atoms with Crippen LogP contribution in [-0.2, 0) is 14.8 Å². The van der Waals surface area contributed by atoms with Gasteiger partial charge in [0.05, 0.1) is 17.0 Å². The normalized spacial score (nSPS) is 15.8. The lowest BCUT2D eigenvalue weighted by molar-refractivity contribution is -0.131. The Labute approximate surface area is 158 Å². The predicted octanol–water partition coefficient (Wildman–Crippen LogP) is 2.79. The number of rotatable bonds is 4. The van der Waals surface area contributed by atoms with Crippen molar-refractivity contribution in [1.29, 1.82) is 0 Å². The maximum absolute atomic E-state index is 12.5. The van der Waals surface area contributed by atoms with Crippen LogP contribution in [0.3, 0.4) is 0 Å². The molecule has 27 heavy (non-hydrogen) atoms. The van der Waals surface area contributed by atoms with E-state index < -0.39 is 21.9 Å². The highest BCUT2D eigenvalue weighted by Gasteiger charge is 2.25. The van der Waals surface area contributed by atoms with Gasteiger partial charge in [0.25, 0.3) is 5.91 Å². The van der Waals surface area contributed by atoms with E-state index in [2.05, 4.69) is 5.32 Å². The van der Waals surface area contributed by atoms with Crippen molar-refractivity contribution in [3.63, 3.8) is 0 Å². The number of hydrogen-bond donors (Lipinski definition) is 1. The van der Waals surface area contributed by atoms with E-state index in [0.29, 0.717) is 24.3 Å². The molecule has 1 fully saturated rings. The summed E-state index contributed by atoms with van der Waals surface area (Å²) >= 11 is 0. The van der Waals surface area contributed by atoms with Crippen LogP contribution in [0.15, 0.2) is 48.5 Å². The summed E-state index contributed by atoms with van der Waals surface area (Å²) in [5.41, 5.74) is 1.32. The highest BCUT2D eigenvalue weighted by atomic mass is 32.2. The molecule has 1 saturated heterocycles. The summed E-state index contributed by atoms with van der Waals surface area (Å²) in [5, 5.41) is 2.72. The topological polar surface area (TPSA) is 92.8 Å². The number of nitrogens with one attached hydrogen (secondary N) is 1. The van der Waals surface area contributed by atoms with E-state index in [-0.39, 0.29) is 17.1 Å². The molecular formula is C19H20N2O5S. The highest BCUT2D eigenvalue weighted by Crippen LogP contribution is 2.26. The lowest BCUT2D eigenvalue weighted by Gasteiger charge is -2.28. The van der Waals surface area contributed by atoms with Crippen LogP contribution in [-0.4, -0.2) is 32.6 Å². The molecule has 0 aliphatic carbocycles. The van der Waals surface area contributed by atoms with Gasteiger partial charge in [-0.2, -0.15) is 0 Å². The van der Waals surface area contributed by atoms with Gasteiger partial charge in [-0.3, -0.25) is 13.9 Å². The standard InChI is InChI=1S/C19H20N2O5S/c1-14(22)26-18-7-3-2-6-17(18)19(23)20-15-8-10-16(11-9-15)21-12-4-5-13-27(21,24)25/h2-3,6-11H,4-5,12-13H2,1H3,(H,20,23). The minimum Gasteiger partial charge on any atom is -0.426 e. The molecule has 142 valence electrons. The van der Waals surface area contributed by atoms with Crippen molar-refractivity contribution in [3.8, 4) is 5.75 Å². The molecule has 0 aromatic heterocycles. The zero-order valence-electron chi connectivity index (χ0n) is 14.8. The number of nitrogens with zero attached hydrogens (tertiary/aromatic N) is 1. The quantitative estimate of drug-likeness (QED) is 0.642. The van der Waals surface area contributed by atoms with Gasteiger partial charge in [-0.15, -0.1) is 0 Å². The van der Waals surface area contributed by atoms with E-state index in [0.717, 1.165) is 6.42 Å². The summed E-state index contributed by atoms with van der Waals surface area (Å²) in [7, 11) is -3.28. The van der Waals surface area contributed by atoms with Crippen LogP contribution in [0.2, 0.25) is 0 Å². The third kappa shape index (κ3) is 4.46. The number of amides is 1. The number of ether oxygens (including phenoxy) is 1. The Kier molecular flexibility index (Phi) is 5.46. The largest absolute Gasteiger partial charge is 0.426 e. The van der Waals surface area contributed by atoms with Crippen molar-refractivity contribution >= 4 is 33.3 Å². The molecule has 0 unspecified atom stereocenters. The molecule has 0 radical (unpaired) electrons. The van der Waals surface area contributed by atoms with Gasteiger partial charge in [0, 0.05) is 19.2 Å². The molecule has 2 aromatic carbocycles. The van der Waals surface area contributed by atoms with E-state index in [4.69, 9.17) is 4.74 Å². The molecule has 0 spiro atoms. The summed E-state index contributed by atoms with van der Waals surface area (Å²) in [6.45, 7) is 1.73. The van der Waals surface area contributed by atoms with Gasteiger partial charge in [0.1, 0.15) is 5.75 Å². The molecule has 1 heterocycles. The molecule has 2 aromatic rings. The van der Waals surface area contributed by atoms with E-state index >= 15 is 0 Å². The smallest absolute Gasteiger partial charge is 0.308 e. The number of hydrogen-bond acceptors (Lipinski definition) is 5. The summed E-state index contributed by atoms with van der Waals surface area (Å²) in [6, 6.07) is 13.1. The first-order chi connectivity index (χ1) is 12.9. The van der Waals surface area contributed by atoms with Crippen LogP contribution in [0.4, 0.5) is 11.4 Å². The fraction of sp³-hybridized carbons (Fsp3) is 0.263. The molecule has 8 heteroatoms. The fourth-order valence-corrected chi connectivity index (χ4v) is 4.53. The minimum absolute atomic E-state index is 0.151. The Morgan fingerprint density at radius 2 is 1.74 bits per heavy atom. The third-order valence-corrected chi connectivity index (χ3v) is 6.02. The second-order valence-corrected chi connectivity index (χ2v) is 8.20. The molecule has 1 aliphatic heterocycles. The summed E-state index contributed by atoms with van der Waals surface area (Å²) in [4.78, 5) is 23.7. The van der Waals surface area contributed by atoms with Gasteiger partial charge in [-0.05, 0) is 49.2 Å². The lowest BCUT2D eigenvalue weighted by Crippen LogP contribution is -2.37. The number of para-hydroxylation sites is 1. The lowest BCUT2D eigenvalue weighted by atomic mass is 10.1. The highest BCUT2D eigenvalue weighted by molar-refractivity contribution is 7.92. The second-order valence-electron chi connectivity index (χ2n) is 6.19. The minimum atomic E-state index is -3.28. The Morgan fingerprint density at radius 3 is 2.41 bits per heavy atom. The van der Waals surface area contributed by atoms with Crippen molar-refractivity contribution in [2.75, 3.05) is 21.9 Å². The Bertz CT molecular complexity index is 954. The number of carbonyl (C=O) groups is 2. The molecule has 1 amide bonds. The molecule has 3 rings (SSSR count).